The molecule has 8 nitrogen and oxygen atoms in total. The van der Waals surface area contributed by atoms with E-state index >= 15 is 0 Å². The molecule has 27 heavy (non-hydrogen) atoms. The van der Waals surface area contributed by atoms with Crippen LogP contribution in [-0.2, 0) is 13.0 Å². The molecule has 140 valence electrons. The average molecular weight is 367 g/mol. The number of likely N-dealkylation sites (N-methyl/N-ethyl adjacent to an activating group) is 1. The number of carbonyl (C=O) groups excluding carboxylic acids is 2. The number of amides is 2. The Labute approximate surface area is 156 Å². The third-order valence-corrected chi connectivity index (χ3v) is 4.88. The van der Waals surface area contributed by atoms with Crippen LogP contribution in [-0.4, -0.2) is 58.7 Å². The molecule has 3 heterocycles. The molecule has 8 heteroatoms. The summed E-state index contributed by atoms with van der Waals surface area (Å²) in [5, 5.41) is 8.22. The lowest BCUT2D eigenvalue weighted by atomic mass is 10.1. The number of nitrogens with one attached hydrogen (secondary N) is 2. The molecule has 0 radical (unpaired) electrons. The molecular formula is C19H21N5O3. The van der Waals surface area contributed by atoms with Crippen molar-refractivity contribution < 1.29 is 14.3 Å². The number of aromatic nitrogens is 3. The summed E-state index contributed by atoms with van der Waals surface area (Å²) in [7, 11) is 3.38. The van der Waals surface area contributed by atoms with Gasteiger partial charge >= 0.3 is 0 Å². The normalized spacial score (nSPS) is 13.7. The number of nitrogens with zero attached hydrogens (tertiary/aromatic N) is 3. The summed E-state index contributed by atoms with van der Waals surface area (Å²) in [6.07, 6.45) is 2.62. The number of hydrogen-bond acceptors (Lipinski definition) is 4. The molecule has 2 N–H and O–H groups in total. The third kappa shape index (κ3) is 3.14. The molecule has 1 aliphatic rings. The molecule has 4 rings (SSSR count). The fourth-order valence-corrected chi connectivity index (χ4v) is 3.30. The minimum Gasteiger partial charge on any atom is -0.497 e. The third-order valence-electron chi connectivity index (χ3n) is 4.88. The number of carbonyl (C=O) groups is 2. The first-order valence-corrected chi connectivity index (χ1v) is 8.82. The monoisotopic (exact) mass is 367 g/mol. The highest BCUT2D eigenvalue weighted by Gasteiger charge is 2.25. The van der Waals surface area contributed by atoms with E-state index in [0.29, 0.717) is 31.7 Å². The zero-order chi connectivity index (χ0) is 19.0. The number of aromatic amines is 1. The Hall–Kier alpha value is -3.29. The van der Waals surface area contributed by atoms with E-state index in [-0.39, 0.29) is 17.5 Å². The Morgan fingerprint density at radius 2 is 2.19 bits per heavy atom. The van der Waals surface area contributed by atoms with Gasteiger partial charge in [0.15, 0.2) is 5.69 Å². The second-order valence-corrected chi connectivity index (χ2v) is 6.60. The largest absolute Gasteiger partial charge is 0.497 e. The lowest BCUT2D eigenvalue weighted by Crippen LogP contribution is -2.37. The van der Waals surface area contributed by atoms with Crippen LogP contribution < -0.4 is 10.1 Å². The van der Waals surface area contributed by atoms with Gasteiger partial charge in [-0.25, -0.2) is 0 Å². The van der Waals surface area contributed by atoms with Crippen molar-refractivity contribution in [1.29, 1.82) is 0 Å². The molecule has 1 aromatic carbocycles. The number of methoxy groups -OCH3 is 1. The number of fused-ring (bicyclic) bond motifs is 2. The van der Waals surface area contributed by atoms with Crippen LogP contribution in [0.4, 0.5) is 0 Å². The smallest absolute Gasteiger partial charge is 0.271 e. The summed E-state index contributed by atoms with van der Waals surface area (Å²) < 4.78 is 6.88. The van der Waals surface area contributed by atoms with Gasteiger partial charge in [0, 0.05) is 43.3 Å². The standard InChI is InChI=1S/C19H21N5O3/c1-23-7-8-24-17(19(23)26)10-16(22-24)18(25)20-6-5-12-11-21-15-4-3-13(27-2)9-14(12)15/h3-4,9-11,21H,5-8H2,1-2H3,(H,20,25). The Morgan fingerprint density at radius 1 is 1.33 bits per heavy atom. The average Bonchev–Trinajstić information content (AvgIpc) is 3.29. The van der Waals surface area contributed by atoms with E-state index in [1.165, 1.54) is 0 Å². The summed E-state index contributed by atoms with van der Waals surface area (Å²) in [5.41, 5.74) is 2.86. The van der Waals surface area contributed by atoms with E-state index in [9.17, 15) is 9.59 Å². The summed E-state index contributed by atoms with van der Waals surface area (Å²) in [6.45, 7) is 1.67. The van der Waals surface area contributed by atoms with Gasteiger partial charge < -0.3 is 19.9 Å². The molecule has 0 spiro atoms. The van der Waals surface area contributed by atoms with E-state index in [0.717, 1.165) is 22.2 Å². The first-order valence-electron chi connectivity index (χ1n) is 8.82. The molecule has 0 saturated heterocycles. The summed E-state index contributed by atoms with van der Waals surface area (Å²) >= 11 is 0. The predicted molar refractivity (Wildman–Crippen MR) is 100 cm³/mol. The topological polar surface area (TPSA) is 92.2 Å². The van der Waals surface area contributed by atoms with E-state index in [1.54, 1.807) is 29.8 Å². The maximum atomic E-state index is 12.4. The van der Waals surface area contributed by atoms with E-state index in [1.807, 2.05) is 24.4 Å². The molecule has 0 unspecified atom stereocenters. The molecule has 0 saturated carbocycles. The molecular weight excluding hydrogens is 346 g/mol. The van der Waals surface area contributed by atoms with Crippen molar-refractivity contribution in [2.24, 2.45) is 0 Å². The number of ether oxygens (including phenoxy) is 1. The van der Waals surface area contributed by atoms with Gasteiger partial charge in [0.1, 0.15) is 11.4 Å². The number of benzene rings is 1. The van der Waals surface area contributed by atoms with Crippen molar-refractivity contribution in [2.75, 3.05) is 27.2 Å². The van der Waals surface area contributed by atoms with E-state index < -0.39 is 0 Å². The lowest BCUT2D eigenvalue weighted by molar-refractivity contribution is 0.0742. The van der Waals surface area contributed by atoms with Crippen LogP contribution in [0.2, 0.25) is 0 Å². The minimum atomic E-state index is -0.273. The van der Waals surface area contributed by atoms with Crippen molar-refractivity contribution >= 4 is 22.7 Å². The maximum Gasteiger partial charge on any atom is 0.271 e. The Balaban J connectivity index is 1.42. The van der Waals surface area contributed by atoms with Crippen LogP contribution in [0.3, 0.4) is 0 Å². The maximum absolute atomic E-state index is 12.4. The summed E-state index contributed by atoms with van der Waals surface area (Å²) in [4.78, 5) is 29.4. The van der Waals surface area contributed by atoms with Crippen LogP contribution in [0.5, 0.6) is 5.75 Å². The Kier molecular flexibility index (Phi) is 4.31. The molecule has 2 amide bonds. The van der Waals surface area contributed by atoms with Gasteiger partial charge in [-0.1, -0.05) is 0 Å². The van der Waals surface area contributed by atoms with Crippen LogP contribution in [0, 0.1) is 0 Å². The van der Waals surface area contributed by atoms with E-state index in [4.69, 9.17) is 4.74 Å². The second kappa shape index (κ2) is 6.79. The summed E-state index contributed by atoms with van der Waals surface area (Å²) in [5.74, 6) is 0.413. The van der Waals surface area contributed by atoms with Crippen molar-refractivity contribution in [3.8, 4) is 5.75 Å². The van der Waals surface area contributed by atoms with Crippen molar-refractivity contribution in [2.45, 2.75) is 13.0 Å². The fraction of sp³-hybridized carbons (Fsp3) is 0.316. The second-order valence-electron chi connectivity index (χ2n) is 6.60. The van der Waals surface area contributed by atoms with Gasteiger partial charge in [0.25, 0.3) is 11.8 Å². The predicted octanol–water partition coefficient (Wildman–Crippen LogP) is 1.43. The number of rotatable bonds is 5. The van der Waals surface area contributed by atoms with Gasteiger partial charge in [0.2, 0.25) is 0 Å². The highest BCUT2D eigenvalue weighted by molar-refractivity contribution is 5.98. The highest BCUT2D eigenvalue weighted by atomic mass is 16.5. The lowest BCUT2D eigenvalue weighted by Gasteiger charge is -2.22. The first-order chi connectivity index (χ1) is 13.1. The van der Waals surface area contributed by atoms with Gasteiger partial charge in [-0.2, -0.15) is 5.10 Å². The molecule has 3 aromatic rings. The van der Waals surface area contributed by atoms with Gasteiger partial charge in [-0.15, -0.1) is 0 Å². The molecule has 2 aromatic heterocycles. The van der Waals surface area contributed by atoms with Crippen LogP contribution in [0.1, 0.15) is 26.5 Å². The number of hydrogen-bond donors (Lipinski definition) is 2. The molecule has 0 bridgehead atoms. The van der Waals surface area contributed by atoms with Gasteiger partial charge in [0.05, 0.1) is 13.7 Å². The first kappa shape index (κ1) is 17.1. The fourth-order valence-electron chi connectivity index (χ4n) is 3.30. The van der Waals surface area contributed by atoms with Crippen LogP contribution in [0.25, 0.3) is 10.9 Å². The zero-order valence-electron chi connectivity index (χ0n) is 15.3. The van der Waals surface area contributed by atoms with Crippen LogP contribution >= 0.6 is 0 Å². The van der Waals surface area contributed by atoms with Crippen molar-refractivity contribution in [1.82, 2.24) is 25.0 Å². The molecule has 0 aliphatic carbocycles. The van der Waals surface area contributed by atoms with E-state index in [2.05, 4.69) is 15.4 Å². The van der Waals surface area contributed by atoms with Crippen molar-refractivity contribution in [3.63, 3.8) is 0 Å². The SMILES string of the molecule is COc1ccc2[nH]cc(CCNC(=O)c3cc4n(n3)CCN(C)C4=O)c2c1. The number of H-pyrrole nitrogens is 1. The van der Waals surface area contributed by atoms with Gasteiger partial charge in [-0.3, -0.25) is 14.3 Å². The Bertz CT molecular complexity index is 1020. The van der Waals surface area contributed by atoms with Crippen LogP contribution in [0.15, 0.2) is 30.5 Å². The molecule has 1 aliphatic heterocycles. The Morgan fingerprint density at radius 3 is 3.00 bits per heavy atom. The molecule has 0 fully saturated rings. The zero-order valence-corrected chi connectivity index (χ0v) is 15.3. The molecule has 0 atom stereocenters. The minimum absolute atomic E-state index is 0.111. The quantitative estimate of drug-likeness (QED) is 0.714. The highest BCUT2D eigenvalue weighted by Crippen LogP contribution is 2.23. The van der Waals surface area contributed by atoms with Crippen molar-refractivity contribution in [3.05, 3.63) is 47.4 Å². The summed E-state index contributed by atoms with van der Waals surface area (Å²) in [6, 6.07) is 7.42. The van der Waals surface area contributed by atoms with Gasteiger partial charge in [-0.05, 0) is 30.2 Å².